The van der Waals surface area contributed by atoms with Crippen molar-refractivity contribution in [1.82, 2.24) is 0 Å². The first-order valence-electron chi connectivity index (χ1n) is 4.28. The standard InChI is InChI=1S/C10H14O3S/c1-10(2,3)8-4-6-9(7-5-8)13-14(11)12/h4-7H,1-3H3,(H,11,12)/p-1. The zero-order valence-corrected chi connectivity index (χ0v) is 9.26. The van der Waals surface area contributed by atoms with Gasteiger partial charge in [0, 0.05) is 0 Å². The van der Waals surface area contributed by atoms with Crippen LogP contribution in [0.1, 0.15) is 26.3 Å². The predicted molar refractivity (Wildman–Crippen MR) is 54.7 cm³/mol. The fourth-order valence-electron chi connectivity index (χ4n) is 1.09. The van der Waals surface area contributed by atoms with E-state index in [1.165, 1.54) is 0 Å². The normalized spacial score (nSPS) is 13.7. The third kappa shape index (κ3) is 3.12. The third-order valence-electron chi connectivity index (χ3n) is 1.88. The topological polar surface area (TPSA) is 49.4 Å². The van der Waals surface area contributed by atoms with Crippen LogP contribution in [0.2, 0.25) is 0 Å². The van der Waals surface area contributed by atoms with Crippen LogP contribution in [-0.4, -0.2) is 8.76 Å². The van der Waals surface area contributed by atoms with Crippen molar-refractivity contribution in [3.8, 4) is 5.75 Å². The Labute approximate surface area is 86.6 Å². The van der Waals surface area contributed by atoms with Crippen LogP contribution in [0.15, 0.2) is 24.3 Å². The Morgan fingerprint density at radius 1 is 1.21 bits per heavy atom. The summed E-state index contributed by atoms with van der Waals surface area (Å²) in [4.78, 5) is 0. The molecule has 0 heterocycles. The van der Waals surface area contributed by atoms with Crippen LogP contribution < -0.4 is 4.18 Å². The highest BCUT2D eigenvalue weighted by Gasteiger charge is 2.12. The molecule has 0 amide bonds. The van der Waals surface area contributed by atoms with E-state index in [1.807, 2.05) is 12.1 Å². The lowest BCUT2D eigenvalue weighted by Crippen LogP contribution is -2.10. The van der Waals surface area contributed by atoms with Crippen molar-refractivity contribution in [1.29, 1.82) is 0 Å². The second-order valence-corrected chi connectivity index (χ2v) is 4.64. The molecule has 0 saturated heterocycles. The summed E-state index contributed by atoms with van der Waals surface area (Å²) < 4.78 is 25.0. The van der Waals surface area contributed by atoms with E-state index < -0.39 is 11.4 Å². The maximum atomic E-state index is 10.2. The summed E-state index contributed by atoms with van der Waals surface area (Å²) >= 11 is -2.49. The van der Waals surface area contributed by atoms with Crippen LogP contribution >= 0.6 is 0 Å². The molecule has 0 N–H and O–H groups in total. The van der Waals surface area contributed by atoms with Gasteiger partial charge in [0.2, 0.25) is 0 Å². The van der Waals surface area contributed by atoms with Crippen molar-refractivity contribution in [2.24, 2.45) is 0 Å². The summed E-state index contributed by atoms with van der Waals surface area (Å²) in [6.07, 6.45) is 0. The molecule has 1 aromatic rings. The second kappa shape index (κ2) is 4.11. The zero-order valence-electron chi connectivity index (χ0n) is 8.44. The summed E-state index contributed by atoms with van der Waals surface area (Å²) in [7, 11) is 0. The molecule has 0 bridgehead atoms. The molecule has 0 saturated carbocycles. The van der Waals surface area contributed by atoms with Crippen molar-refractivity contribution in [3.05, 3.63) is 29.8 Å². The average Bonchev–Trinajstić information content (AvgIpc) is 2.02. The van der Waals surface area contributed by atoms with Gasteiger partial charge in [0.05, 0.1) is 0 Å². The lowest BCUT2D eigenvalue weighted by molar-refractivity contribution is 0.440. The smallest absolute Gasteiger partial charge is 0.139 e. The first-order valence-corrected chi connectivity index (χ1v) is 5.28. The van der Waals surface area contributed by atoms with Gasteiger partial charge in [-0.2, -0.15) is 0 Å². The van der Waals surface area contributed by atoms with E-state index >= 15 is 0 Å². The van der Waals surface area contributed by atoms with Crippen molar-refractivity contribution < 1.29 is 12.9 Å². The fraction of sp³-hybridized carbons (Fsp3) is 0.400. The molecule has 78 valence electrons. The molecule has 0 aliphatic heterocycles. The van der Waals surface area contributed by atoms with E-state index in [9.17, 15) is 8.76 Å². The quantitative estimate of drug-likeness (QED) is 0.707. The van der Waals surface area contributed by atoms with Crippen LogP contribution in [0.5, 0.6) is 5.75 Å². The van der Waals surface area contributed by atoms with Crippen LogP contribution in [0.4, 0.5) is 0 Å². The van der Waals surface area contributed by atoms with Crippen LogP contribution in [0.25, 0.3) is 0 Å². The van der Waals surface area contributed by atoms with E-state index in [-0.39, 0.29) is 5.41 Å². The molecule has 1 atom stereocenters. The Kier molecular flexibility index (Phi) is 3.29. The molecule has 0 spiro atoms. The SMILES string of the molecule is CC(C)(C)c1ccc(OS(=O)[O-])cc1. The molecule has 0 fully saturated rings. The van der Waals surface area contributed by atoms with Gasteiger partial charge < -0.3 is 8.74 Å². The zero-order chi connectivity index (χ0) is 10.8. The molecule has 0 aromatic heterocycles. The van der Waals surface area contributed by atoms with Crippen molar-refractivity contribution in [2.75, 3.05) is 0 Å². The monoisotopic (exact) mass is 213 g/mol. The molecule has 4 heteroatoms. The summed E-state index contributed by atoms with van der Waals surface area (Å²) in [6, 6.07) is 7.02. The molecule has 1 unspecified atom stereocenters. The van der Waals surface area contributed by atoms with E-state index in [0.29, 0.717) is 5.75 Å². The summed E-state index contributed by atoms with van der Waals surface area (Å²) in [5.74, 6) is 0.339. The Balaban J connectivity index is 2.84. The Bertz CT molecular complexity index is 324. The third-order valence-corrected chi connectivity index (χ3v) is 2.21. The maximum absolute atomic E-state index is 10.2. The van der Waals surface area contributed by atoms with Gasteiger partial charge in [0.15, 0.2) is 0 Å². The number of rotatable bonds is 2. The average molecular weight is 213 g/mol. The largest absolute Gasteiger partial charge is 0.740 e. The predicted octanol–water partition coefficient (Wildman–Crippen LogP) is 2.16. The molecule has 1 rings (SSSR count). The van der Waals surface area contributed by atoms with Gasteiger partial charge >= 0.3 is 0 Å². The van der Waals surface area contributed by atoms with Crippen molar-refractivity contribution >= 4 is 11.4 Å². The number of benzene rings is 1. The van der Waals surface area contributed by atoms with E-state index in [0.717, 1.165) is 5.56 Å². The van der Waals surface area contributed by atoms with Crippen LogP contribution in [0, 0.1) is 0 Å². The summed E-state index contributed by atoms with van der Waals surface area (Å²) in [5.41, 5.74) is 1.20. The lowest BCUT2D eigenvalue weighted by atomic mass is 9.87. The second-order valence-electron chi connectivity index (χ2n) is 4.06. The van der Waals surface area contributed by atoms with Gasteiger partial charge in [-0.3, -0.25) is 0 Å². The Morgan fingerprint density at radius 2 is 1.71 bits per heavy atom. The maximum Gasteiger partial charge on any atom is 0.139 e. The van der Waals surface area contributed by atoms with Gasteiger partial charge in [-0.1, -0.05) is 32.9 Å². The number of hydrogen-bond donors (Lipinski definition) is 0. The highest BCUT2D eigenvalue weighted by Crippen LogP contribution is 2.24. The molecule has 0 aliphatic rings. The Morgan fingerprint density at radius 3 is 2.07 bits per heavy atom. The molecule has 14 heavy (non-hydrogen) atoms. The summed E-state index contributed by atoms with van der Waals surface area (Å²) in [6.45, 7) is 6.28. The van der Waals surface area contributed by atoms with E-state index in [4.69, 9.17) is 0 Å². The fourth-order valence-corrected chi connectivity index (χ4v) is 1.36. The molecular weight excluding hydrogens is 200 g/mol. The van der Waals surface area contributed by atoms with Crippen molar-refractivity contribution in [3.63, 3.8) is 0 Å². The van der Waals surface area contributed by atoms with Gasteiger partial charge in [0.25, 0.3) is 0 Å². The van der Waals surface area contributed by atoms with Gasteiger partial charge in [-0.05, 0) is 23.1 Å². The molecule has 0 radical (unpaired) electrons. The highest BCUT2D eigenvalue weighted by molar-refractivity contribution is 7.74. The van der Waals surface area contributed by atoms with Gasteiger partial charge in [0.1, 0.15) is 17.1 Å². The Hall–Kier alpha value is -0.870. The molecule has 1 aromatic carbocycles. The first-order chi connectivity index (χ1) is 6.39. The minimum atomic E-state index is -2.49. The minimum absolute atomic E-state index is 0.0646. The van der Waals surface area contributed by atoms with E-state index in [1.54, 1.807) is 12.1 Å². The lowest BCUT2D eigenvalue weighted by Gasteiger charge is -2.19. The number of hydrogen-bond acceptors (Lipinski definition) is 3. The van der Waals surface area contributed by atoms with Gasteiger partial charge in [-0.25, -0.2) is 4.21 Å². The molecule has 3 nitrogen and oxygen atoms in total. The van der Waals surface area contributed by atoms with E-state index in [2.05, 4.69) is 25.0 Å². The molecule has 0 aliphatic carbocycles. The first kappa shape index (κ1) is 11.2. The van der Waals surface area contributed by atoms with Crippen LogP contribution in [0.3, 0.4) is 0 Å². The van der Waals surface area contributed by atoms with Crippen molar-refractivity contribution in [2.45, 2.75) is 26.2 Å². The minimum Gasteiger partial charge on any atom is -0.740 e. The highest BCUT2D eigenvalue weighted by atomic mass is 32.2. The van der Waals surface area contributed by atoms with Crippen LogP contribution in [-0.2, 0) is 16.8 Å². The molecular formula is C10H13O3S-. The van der Waals surface area contributed by atoms with Gasteiger partial charge in [-0.15, -0.1) is 0 Å². The summed E-state index contributed by atoms with van der Waals surface area (Å²) in [5, 5.41) is 0.